The third-order valence-corrected chi connectivity index (χ3v) is 4.19. The maximum Gasteiger partial charge on any atom is 0.277 e. The number of carbonyl (C=O) groups excluding carboxylic acids is 1. The Kier molecular flexibility index (Phi) is 7.20. The van der Waals surface area contributed by atoms with Gasteiger partial charge in [-0.2, -0.15) is 5.10 Å². The van der Waals surface area contributed by atoms with E-state index in [1.54, 1.807) is 0 Å². The van der Waals surface area contributed by atoms with Gasteiger partial charge in [-0.05, 0) is 42.0 Å². The largest absolute Gasteiger partial charge is 0.484 e. The van der Waals surface area contributed by atoms with Crippen LogP contribution in [0.1, 0.15) is 50.7 Å². The Hall–Kier alpha value is -2.62. The van der Waals surface area contributed by atoms with Gasteiger partial charge in [-0.1, -0.05) is 63.2 Å². The van der Waals surface area contributed by atoms with Gasteiger partial charge in [-0.3, -0.25) is 4.79 Å². The van der Waals surface area contributed by atoms with Crippen molar-refractivity contribution in [3.63, 3.8) is 0 Å². The van der Waals surface area contributed by atoms with E-state index < -0.39 is 0 Å². The number of nitrogens with one attached hydrogen (secondary N) is 1. The number of benzene rings is 2. The molecule has 1 unspecified atom stereocenters. The number of carbonyl (C=O) groups is 1. The minimum absolute atomic E-state index is 0.0576. The molecule has 0 spiro atoms. The zero-order valence-electron chi connectivity index (χ0n) is 15.2. The lowest BCUT2D eigenvalue weighted by atomic mass is 9.99. The molecule has 0 saturated heterocycles. The Labute approximate surface area is 149 Å². The second kappa shape index (κ2) is 9.62. The highest BCUT2D eigenvalue weighted by Crippen LogP contribution is 2.21. The molecule has 0 aliphatic heterocycles. The molecule has 2 rings (SSSR count). The molecule has 0 bridgehead atoms. The van der Waals surface area contributed by atoms with Crippen LogP contribution in [0.5, 0.6) is 5.75 Å². The molecule has 132 valence electrons. The fourth-order valence-electron chi connectivity index (χ4n) is 2.42. The van der Waals surface area contributed by atoms with Gasteiger partial charge in [0, 0.05) is 0 Å². The summed E-state index contributed by atoms with van der Waals surface area (Å²) >= 11 is 0. The number of amides is 1. The first-order chi connectivity index (χ1) is 12.1. The quantitative estimate of drug-likeness (QED) is 0.569. The van der Waals surface area contributed by atoms with Crippen LogP contribution >= 0.6 is 0 Å². The second-order valence-electron chi connectivity index (χ2n) is 5.98. The highest BCUT2D eigenvalue weighted by atomic mass is 16.5. The van der Waals surface area contributed by atoms with Gasteiger partial charge in [0.15, 0.2) is 6.61 Å². The third kappa shape index (κ3) is 5.75. The number of ether oxygens (including phenoxy) is 1. The van der Waals surface area contributed by atoms with E-state index in [1.165, 1.54) is 5.56 Å². The minimum Gasteiger partial charge on any atom is -0.484 e. The Bertz CT molecular complexity index is 694. The summed E-state index contributed by atoms with van der Waals surface area (Å²) in [6, 6.07) is 17.7. The molecule has 0 aliphatic rings. The van der Waals surface area contributed by atoms with Crippen LogP contribution in [0.15, 0.2) is 59.7 Å². The zero-order valence-corrected chi connectivity index (χ0v) is 15.2. The molecule has 0 saturated carbocycles. The summed E-state index contributed by atoms with van der Waals surface area (Å²) < 4.78 is 5.53. The monoisotopic (exact) mass is 338 g/mol. The van der Waals surface area contributed by atoms with Crippen LogP contribution in [0.4, 0.5) is 0 Å². The average Bonchev–Trinajstić information content (AvgIpc) is 2.67. The maximum absolute atomic E-state index is 11.9. The van der Waals surface area contributed by atoms with Crippen LogP contribution in [0.3, 0.4) is 0 Å². The first-order valence-corrected chi connectivity index (χ1v) is 8.77. The van der Waals surface area contributed by atoms with Gasteiger partial charge < -0.3 is 4.74 Å². The van der Waals surface area contributed by atoms with E-state index in [4.69, 9.17) is 4.74 Å². The molecule has 4 nitrogen and oxygen atoms in total. The number of hydrogen-bond donors (Lipinski definition) is 1. The Morgan fingerprint density at radius 1 is 1.08 bits per heavy atom. The lowest BCUT2D eigenvalue weighted by molar-refractivity contribution is -0.123. The van der Waals surface area contributed by atoms with Crippen molar-refractivity contribution in [2.24, 2.45) is 5.10 Å². The summed E-state index contributed by atoms with van der Waals surface area (Å²) in [5.41, 5.74) is 5.69. The molecule has 0 fully saturated rings. The topological polar surface area (TPSA) is 50.7 Å². The van der Waals surface area contributed by atoms with E-state index in [0.717, 1.165) is 24.1 Å². The van der Waals surface area contributed by atoms with Gasteiger partial charge in [-0.25, -0.2) is 5.43 Å². The molecule has 4 heteroatoms. The number of hydrazone groups is 1. The molecule has 0 aliphatic carbocycles. The van der Waals surface area contributed by atoms with Crippen molar-refractivity contribution in [3.05, 3.63) is 65.7 Å². The standard InChI is InChI=1S/C21H26N2O2/c1-4-16(3)17-11-13-19(14-12-17)25-15-21(24)23-22-20(5-2)18-9-7-6-8-10-18/h6-14,16H,4-5,15H2,1-3H3,(H,23,24)/b22-20+. The van der Waals surface area contributed by atoms with Gasteiger partial charge >= 0.3 is 0 Å². The van der Waals surface area contributed by atoms with E-state index in [1.807, 2.05) is 61.5 Å². The fourth-order valence-corrected chi connectivity index (χ4v) is 2.42. The summed E-state index contributed by atoms with van der Waals surface area (Å²) in [6.45, 7) is 6.31. The summed E-state index contributed by atoms with van der Waals surface area (Å²) in [6.07, 6.45) is 1.84. The highest BCUT2D eigenvalue weighted by molar-refractivity contribution is 6.00. The van der Waals surface area contributed by atoms with E-state index in [0.29, 0.717) is 11.7 Å². The third-order valence-electron chi connectivity index (χ3n) is 4.19. The van der Waals surface area contributed by atoms with Crippen molar-refractivity contribution in [3.8, 4) is 5.75 Å². The van der Waals surface area contributed by atoms with Gasteiger partial charge in [0.25, 0.3) is 5.91 Å². The van der Waals surface area contributed by atoms with Crippen LogP contribution in [-0.2, 0) is 4.79 Å². The van der Waals surface area contributed by atoms with E-state index in [9.17, 15) is 4.79 Å². The van der Waals surface area contributed by atoms with Crippen molar-refractivity contribution in [2.45, 2.75) is 39.5 Å². The Morgan fingerprint density at radius 3 is 2.36 bits per heavy atom. The molecule has 0 heterocycles. The molecule has 2 aromatic carbocycles. The van der Waals surface area contributed by atoms with E-state index in [-0.39, 0.29) is 12.5 Å². The van der Waals surface area contributed by atoms with Crippen molar-refractivity contribution < 1.29 is 9.53 Å². The maximum atomic E-state index is 11.9. The predicted molar refractivity (Wildman–Crippen MR) is 102 cm³/mol. The number of nitrogens with zero attached hydrogens (tertiary/aromatic N) is 1. The fraction of sp³-hybridized carbons (Fsp3) is 0.333. The average molecular weight is 338 g/mol. The molecule has 1 amide bonds. The molecular formula is C21H26N2O2. The van der Waals surface area contributed by atoms with Crippen LogP contribution in [0, 0.1) is 0 Å². The smallest absolute Gasteiger partial charge is 0.277 e. The van der Waals surface area contributed by atoms with Gasteiger partial charge in [0.05, 0.1) is 5.71 Å². The zero-order chi connectivity index (χ0) is 18.1. The first kappa shape index (κ1) is 18.7. The van der Waals surface area contributed by atoms with Crippen molar-refractivity contribution >= 4 is 11.6 Å². The Balaban J connectivity index is 1.87. The summed E-state index contributed by atoms with van der Waals surface area (Å²) in [7, 11) is 0. The van der Waals surface area contributed by atoms with Crippen LogP contribution in [-0.4, -0.2) is 18.2 Å². The molecule has 1 atom stereocenters. The molecular weight excluding hydrogens is 312 g/mol. The summed E-state index contributed by atoms with van der Waals surface area (Å²) in [5, 5.41) is 4.21. The SMILES string of the molecule is CC/C(=N\NC(=O)COc1ccc(C(C)CC)cc1)c1ccccc1. The normalized spacial score (nSPS) is 12.5. The van der Waals surface area contributed by atoms with Crippen molar-refractivity contribution in [2.75, 3.05) is 6.61 Å². The molecule has 0 aromatic heterocycles. The van der Waals surface area contributed by atoms with Crippen LogP contribution < -0.4 is 10.2 Å². The van der Waals surface area contributed by atoms with E-state index in [2.05, 4.69) is 24.4 Å². The lowest BCUT2D eigenvalue weighted by Crippen LogP contribution is -2.26. The molecule has 1 N–H and O–H groups in total. The minimum atomic E-state index is -0.270. The lowest BCUT2D eigenvalue weighted by Gasteiger charge is -2.10. The molecule has 0 radical (unpaired) electrons. The predicted octanol–water partition coefficient (Wildman–Crippen LogP) is 4.51. The highest BCUT2D eigenvalue weighted by Gasteiger charge is 2.06. The molecule has 25 heavy (non-hydrogen) atoms. The van der Waals surface area contributed by atoms with Gasteiger partial charge in [0.1, 0.15) is 5.75 Å². The van der Waals surface area contributed by atoms with Crippen molar-refractivity contribution in [1.29, 1.82) is 0 Å². The first-order valence-electron chi connectivity index (χ1n) is 8.77. The second-order valence-corrected chi connectivity index (χ2v) is 5.98. The van der Waals surface area contributed by atoms with Crippen LogP contribution in [0.25, 0.3) is 0 Å². The summed E-state index contributed by atoms with van der Waals surface area (Å²) in [5.74, 6) is 0.940. The number of rotatable bonds is 8. The Morgan fingerprint density at radius 2 is 1.76 bits per heavy atom. The van der Waals surface area contributed by atoms with Crippen LogP contribution in [0.2, 0.25) is 0 Å². The number of hydrogen-bond acceptors (Lipinski definition) is 3. The summed E-state index contributed by atoms with van der Waals surface area (Å²) in [4.78, 5) is 11.9. The van der Waals surface area contributed by atoms with Crippen molar-refractivity contribution in [1.82, 2.24) is 5.43 Å². The molecule has 2 aromatic rings. The van der Waals surface area contributed by atoms with E-state index >= 15 is 0 Å². The van der Waals surface area contributed by atoms with Gasteiger partial charge in [-0.15, -0.1) is 0 Å². The van der Waals surface area contributed by atoms with Gasteiger partial charge in [0.2, 0.25) is 0 Å².